The molecule has 0 radical (unpaired) electrons. The Kier molecular flexibility index (Phi) is 5.54. The highest BCUT2D eigenvalue weighted by atomic mass is 35.5. The summed E-state index contributed by atoms with van der Waals surface area (Å²) in [5, 5.41) is 0.642. The number of methoxy groups -OCH3 is 2. The van der Waals surface area contributed by atoms with Crippen molar-refractivity contribution in [2.45, 2.75) is 13.5 Å². The first-order valence-corrected chi connectivity index (χ1v) is 9.22. The number of aryl methyl sites for hydroxylation is 1. The molecule has 0 bridgehead atoms. The molecule has 0 saturated carbocycles. The molecule has 2 aromatic carbocycles. The molecule has 0 unspecified atom stereocenters. The van der Waals surface area contributed by atoms with Crippen molar-refractivity contribution in [3.8, 4) is 23.8 Å². The summed E-state index contributed by atoms with van der Waals surface area (Å²) in [7, 11) is 3.06. The lowest BCUT2D eigenvalue weighted by atomic mass is 10.2. The third-order valence-electron chi connectivity index (χ3n) is 4.11. The quantitative estimate of drug-likeness (QED) is 0.620. The number of hydrogen-bond acceptors (Lipinski definition) is 4. The van der Waals surface area contributed by atoms with Crippen molar-refractivity contribution in [2.24, 2.45) is 4.99 Å². The maximum Gasteiger partial charge on any atom is 0.279 e. The molecule has 0 saturated heterocycles. The molecular weight excluding hydrogens is 384 g/mol. The van der Waals surface area contributed by atoms with Gasteiger partial charge in [0.2, 0.25) is 0 Å². The maximum absolute atomic E-state index is 12.7. The highest BCUT2D eigenvalue weighted by Crippen LogP contribution is 2.29. The number of benzene rings is 2. The van der Waals surface area contributed by atoms with Crippen molar-refractivity contribution in [2.75, 3.05) is 14.2 Å². The number of halogens is 1. The molecule has 0 N–H and O–H groups in total. The van der Waals surface area contributed by atoms with Gasteiger partial charge in [0.1, 0.15) is 0 Å². The van der Waals surface area contributed by atoms with Crippen LogP contribution < -0.4 is 14.3 Å². The minimum Gasteiger partial charge on any atom is -0.493 e. The zero-order valence-electron chi connectivity index (χ0n) is 15.1. The average molecular weight is 401 g/mol. The van der Waals surface area contributed by atoms with Gasteiger partial charge in [0.15, 0.2) is 16.3 Å². The predicted octanol–water partition coefficient (Wildman–Crippen LogP) is 4.06. The van der Waals surface area contributed by atoms with Crippen LogP contribution in [0.5, 0.6) is 11.5 Å². The lowest BCUT2D eigenvalue weighted by Gasteiger charge is -2.07. The van der Waals surface area contributed by atoms with Crippen LogP contribution in [0.3, 0.4) is 0 Å². The summed E-state index contributed by atoms with van der Waals surface area (Å²) < 4.78 is 13.3. The fourth-order valence-corrected chi connectivity index (χ4v) is 4.00. The van der Waals surface area contributed by atoms with Crippen LogP contribution >= 0.6 is 22.9 Å². The van der Waals surface area contributed by atoms with Crippen molar-refractivity contribution in [1.82, 2.24) is 4.57 Å². The fraction of sp³-hybridized carbons (Fsp3) is 0.200. The molecule has 0 atom stereocenters. The number of hydrogen-bond donors (Lipinski definition) is 0. The Morgan fingerprint density at radius 2 is 2.00 bits per heavy atom. The fourth-order valence-electron chi connectivity index (χ4n) is 2.76. The molecule has 1 aromatic heterocycles. The van der Waals surface area contributed by atoms with Crippen LogP contribution in [0.4, 0.5) is 0 Å². The van der Waals surface area contributed by atoms with Crippen molar-refractivity contribution >= 4 is 39.1 Å². The third kappa shape index (κ3) is 3.57. The van der Waals surface area contributed by atoms with E-state index in [-0.39, 0.29) is 0 Å². The molecule has 5 nitrogen and oxygen atoms in total. The summed E-state index contributed by atoms with van der Waals surface area (Å²) >= 11 is 7.64. The SMILES string of the molecule is C#CCn1c(=NC(=O)c2ccc(OC)c(OC)c2)sc2ccc(Cl)c(C)c21. The summed E-state index contributed by atoms with van der Waals surface area (Å²) in [4.78, 5) is 17.5. The number of carbonyl (C=O) groups is 1. The predicted molar refractivity (Wildman–Crippen MR) is 108 cm³/mol. The van der Waals surface area contributed by atoms with Crippen LogP contribution in [0.25, 0.3) is 10.2 Å². The van der Waals surface area contributed by atoms with Gasteiger partial charge in [-0.3, -0.25) is 4.79 Å². The zero-order valence-corrected chi connectivity index (χ0v) is 16.6. The van der Waals surface area contributed by atoms with E-state index in [0.717, 1.165) is 15.8 Å². The highest BCUT2D eigenvalue weighted by molar-refractivity contribution is 7.16. The van der Waals surface area contributed by atoms with Gasteiger partial charge in [0.05, 0.1) is 31.0 Å². The van der Waals surface area contributed by atoms with E-state index in [4.69, 9.17) is 27.5 Å². The minimum absolute atomic E-state index is 0.291. The largest absolute Gasteiger partial charge is 0.493 e. The Morgan fingerprint density at radius 1 is 1.26 bits per heavy atom. The summed E-state index contributed by atoms with van der Waals surface area (Å²) in [5.74, 6) is 3.23. The summed E-state index contributed by atoms with van der Waals surface area (Å²) in [6.45, 7) is 2.21. The number of aromatic nitrogens is 1. The second-order valence-electron chi connectivity index (χ2n) is 5.68. The normalized spacial score (nSPS) is 11.4. The molecule has 1 amide bonds. The van der Waals surface area contributed by atoms with Gasteiger partial charge in [-0.2, -0.15) is 4.99 Å². The monoisotopic (exact) mass is 400 g/mol. The van der Waals surface area contributed by atoms with Gasteiger partial charge >= 0.3 is 0 Å². The number of nitrogens with zero attached hydrogens (tertiary/aromatic N) is 2. The number of fused-ring (bicyclic) bond motifs is 1. The molecule has 0 aliphatic carbocycles. The van der Waals surface area contributed by atoms with E-state index in [2.05, 4.69) is 10.9 Å². The number of terminal acetylenes is 1. The molecule has 0 aliphatic rings. The van der Waals surface area contributed by atoms with Gasteiger partial charge in [-0.05, 0) is 42.8 Å². The molecule has 1 heterocycles. The lowest BCUT2D eigenvalue weighted by molar-refractivity contribution is 0.0997. The van der Waals surface area contributed by atoms with Crippen molar-refractivity contribution in [3.05, 3.63) is 51.3 Å². The Balaban J connectivity index is 2.16. The van der Waals surface area contributed by atoms with Crippen LogP contribution in [0.2, 0.25) is 5.02 Å². The lowest BCUT2D eigenvalue weighted by Crippen LogP contribution is -2.17. The van der Waals surface area contributed by atoms with Crippen LogP contribution in [-0.4, -0.2) is 24.7 Å². The van der Waals surface area contributed by atoms with E-state index < -0.39 is 5.91 Å². The van der Waals surface area contributed by atoms with Gasteiger partial charge in [0.25, 0.3) is 5.91 Å². The molecule has 27 heavy (non-hydrogen) atoms. The summed E-state index contributed by atoms with van der Waals surface area (Å²) in [5.41, 5.74) is 2.19. The van der Waals surface area contributed by atoms with Crippen molar-refractivity contribution in [3.63, 3.8) is 0 Å². The van der Waals surface area contributed by atoms with Gasteiger partial charge in [-0.1, -0.05) is 28.9 Å². The highest BCUT2D eigenvalue weighted by Gasteiger charge is 2.14. The van der Waals surface area contributed by atoms with E-state index in [1.54, 1.807) is 18.2 Å². The zero-order chi connectivity index (χ0) is 19.6. The molecular formula is C20H17ClN2O3S. The Bertz CT molecular complexity index is 1140. The third-order valence-corrected chi connectivity index (χ3v) is 5.56. The van der Waals surface area contributed by atoms with Crippen molar-refractivity contribution < 1.29 is 14.3 Å². The Labute approximate surface area is 165 Å². The first kappa shape index (κ1) is 19.0. The van der Waals surface area contributed by atoms with E-state index in [1.807, 2.05) is 23.6 Å². The van der Waals surface area contributed by atoms with Gasteiger partial charge in [0, 0.05) is 10.6 Å². The molecule has 0 aliphatic heterocycles. The number of carbonyl (C=O) groups excluding carboxylic acids is 1. The molecule has 7 heteroatoms. The van der Waals surface area contributed by atoms with E-state index in [0.29, 0.717) is 33.4 Å². The minimum atomic E-state index is -0.392. The number of ether oxygens (including phenoxy) is 2. The van der Waals surface area contributed by atoms with Gasteiger partial charge in [-0.25, -0.2) is 0 Å². The average Bonchev–Trinajstić information content (AvgIpc) is 3.02. The van der Waals surface area contributed by atoms with Crippen LogP contribution in [0, 0.1) is 19.3 Å². The topological polar surface area (TPSA) is 52.8 Å². The summed E-state index contributed by atoms with van der Waals surface area (Å²) in [6.07, 6.45) is 5.52. The maximum atomic E-state index is 12.7. The Hall–Kier alpha value is -2.75. The second-order valence-corrected chi connectivity index (χ2v) is 7.10. The van der Waals surface area contributed by atoms with E-state index in [9.17, 15) is 4.79 Å². The number of rotatable bonds is 4. The number of thiazole rings is 1. The molecule has 3 aromatic rings. The molecule has 3 rings (SSSR count). The van der Waals surface area contributed by atoms with Gasteiger partial charge in [-0.15, -0.1) is 6.42 Å². The van der Waals surface area contributed by atoms with Crippen molar-refractivity contribution in [1.29, 1.82) is 0 Å². The molecule has 0 fully saturated rings. The van der Waals surface area contributed by atoms with E-state index >= 15 is 0 Å². The van der Waals surface area contributed by atoms with Gasteiger partial charge < -0.3 is 14.0 Å². The van der Waals surface area contributed by atoms with Crippen LogP contribution in [0.15, 0.2) is 35.3 Å². The Morgan fingerprint density at radius 3 is 2.67 bits per heavy atom. The smallest absolute Gasteiger partial charge is 0.279 e. The summed E-state index contributed by atoms with van der Waals surface area (Å²) in [6, 6.07) is 8.66. The van der Waals surface area contributed by atoms with Crippen LogP contribution in [-0.2, 0) is 6.54 Å². The molecule has 0 spiro atoms. The second kappa shape index (κ2) is 7.87. The van der Waals surface area contributed by atoms with E-state index in [1.165, 1.54) is 25.6 Å². The first-order valence-electron chi connectivity index (χ1n) is 8.03. The van der Waals surface area contributed by atoms with Crippen LogP contribution in [0.1, 0.15) is 15.9 Å². The number of amides is 1. The molecule has 138 valence electrons. The standard InChI is InChI=1S/C20H17ClN2O3S/c1-5-10-23-18-12(2)14(21)7-9-17(18)27-20(23)22-19(24)13-6-8-15(25-3)16(11-13)26-4/h1,6-9,11H,10H2,2-4H3. The first-order chi connectivity index (χ1) is 13.0.